The molecule has 6 nitrogen and oxygen atoms in total. The Balaban J connectivity index is 1.66. The molecule has 31 heavy (non-hydrogen) atoms. The van der Waals surface area contributed by atoms with Crippen molar-refractivity contribution < 1.29 is 33.0 Å². The monoisotopic (exact) mass is 468 g/mol. The van der Waals surface area contributed by atoms with Gasteiger partial charge in [-0.25, -0.2) is 0 Å². The van der Waals surface area contributed by atoms with Crippen LogP contribution in [0.3, 0.4) is 0 Å². The van der Waals surface area contributed by atoms with Crippen LogP contribution in [-0.2, 0) is 15.8 Å². The normalized spacial score (nSPS) is 15.6. The summed E-state index contributed by atoms with van der Waals surface area (Å²) in [6, 6.07) is 8.48. The van der Waals surface area contributed by atoms with Crippen LogP contribution in [0.25, 0.3) is 6.08 Å². The summed E-state index contributed by atoms with van der Waals surface area (Å²) < 4.78 is 39.3. The van der Waals surface area contributed by atoms with E-state index in [9.17, 15) is 33.0 Å². The number of hydrogen-bond acceptors (Lipinski definition) is 6. The van der Waals surface area contributed by atoms with Crippen LogP contribution in [0.2, 0.25) is 0 Å². The van der Waals surface area contributed by atoms with Gasteiger partial charge in [-0.15, -0.1) is 0 Å². The maximum Gasteiger partial charge on any atom is 0.418 e. The maximum atomic E-state index is 13.0. The molecule has 0 unspecified atom stereocenters. The number of nitrogens with zero attached hydrogens (tertiary/aromatic N) is 1. The third-order valence-corrected chi connectivity index (χ3v) is 5.62. The van der Waals surface area contributed by atoms with Gasteiger partial charge >= 0.3 is 6.18 Å². The van der Waals surface area contributed by atoms with Gasteiger partial charge in [0.1, 0.15) is 15.8 Å². The van der Waals surface area contributed by atoms with Gasteiger partial charge in [-0.1, -0.05) is 36.1 Å². The fraction of sp³-hybridized carbons (Fsp3) is 0.150. The number of carbonyl (C=O) groups is 2. The van der Waals surface area contributed by atoms with Gasteiger partial charge in [0.15, 0.2) is 0 Å². The SMILES string of the molecule is O=C(CCN1C(=O)/C(=C/c2ccc(O)cc2O)SC1=S)Nc1ccccc1C(F)(F)F. The summed E-state index contributed by atoms with van der Waals surface area (Å²) >= 11 is 6.13. The number of halogens is 3. The molecule has 2 aromatic rings. The Hall–Kier alpha value is -3.05. The Morgan fingerprint density at radius 3 is 2.58 bits per heavy atom. The predicted molar refractivity (Wildman–Crippen MR) is 114 cm³/mol. The maximum absolute atomic E-state index is 13.0. The lowest BCUT2D eigenvalue weighted by atomic mass is 10.1. The van der Waals surface area contributed by atoms with E-state index in [4.69, 9.17) is 12.2 Å². The Morgan fingerprint density at radius 1 is 1.19 bits per heavy atom. The van der Waals surface area contributed by atoms with Gasteiger partial charge in [-0.3, -0.25) is 14.5 Å². The highest BCUT2D eigenvalue weighted by Crippen LogP contribution is 2.36. The summed E-state index contributed by atoms with van der Waals surface area (Å²) in [5.41, 5.74) is -1.04. The van der Waals surface area contributed by atoms with E-state index in [1.807, 2.05) is 0 Å². The molecular formula is C20H15F3N2O4S2. The van der Waals surface area contributed by atoms with E-state index < -0.39 is 23.6 Å². The van der Waals surface area contributed by atoms with Crippen LogP contribution in [-0.4, -0.2) is 37.8 Å². The molecule has 0 saturated carbocycles. The average molecular weight is 468 g/mol. The van der Waals surface area contributed by atoms with Gasteiger partial charge in [0, 0.05) is 24.6 Å². The largest absolute Gasteiger partial charge is 0.508 e. The molecule has 11 heteroatoms. The number of hydrogen-bond donors (Lipinski definition) is 3. The number of phenols is 2. The van der Waals surface area contributed by atoms with E-state index >= 15 is 0 Å². The number of benzene rings is 2. The Bertz CT molecular complexity index is 1090. The lowest BCUT2D eigenvalue weighted by Gasteiger charge is -2.16. The lowest BCUT2D eigenvalue weighted by molar-refractivity contribution is -0.137. The van der Waals surface area contributed by atoms with E-state index in [2.05, 4.69) is 5.32 Å². The fourth-order valence-corrected chi connectivity index (χ4v) is 4.05. The first kappa shape index (κ1) is 22.6. The smallest absolute Gasteiger partial charge is 0.418 e. The second-order valence-corrected chi connectivity index (χ2v) is 8.09. The Labute approximate surface area is 184 Å². The third-order valence-electron chi connectivity index (χ3n) is 4.24. The lowest BCUT2D eigenvalue weighted by Crippen LogP contribution is -2.31. The van der Waals surface area contributed by atoms with E-state index in [1.165, 1.54) is 35.2 Å². The van der Waals surface area contributed by atoms with Crippen LogP contribution >= 0.6 is 24.0 Å². The van der Waals surface area contributed by atoms with Crippen molar-refractivity contribution in [3.05, 3.63) is 58.5 Å². The Morgan fingerprint density at radius 2 is 1.90 bits per heavy atom. The number of rotatable bonds is 5. The zero-order chi connectivity index (χ0) is 22.8. The van der Waals surface area contributed by atoms with Crippen LogP contribution in [0.5, 0.6) is 11.5 Å². The molecule has 1 aliphatic rings. The molecule has 1 heterocycles. The minimum atomic E-state index is -4.62. The summed E-state index contributed by atoms with van der Waals surface area (Å²) in [6.45, 7) is -0.121. The average Bonchev–Trinajstić information content (AvgIpc) is 2.95. The summed E-state index contributed by atoms with van der Waals surface area (Å²) in [4.78, 5) is 26.1. The molecule has 3 N–H and O–H groups in total. The minimum absolute atomic E-state index is 0.121. The van der Waals surface area contributed by atoms with Gasteiger partial charge in [0.2, 0.25) is 5.91 Å². The highest BCUT2D eigenvalue weighted by atomic mass is 32.2. The molecule has 2 aromatic carbocycles. The number of thiocarbonyl (C=S) groups is 1. The topological polar surface area (TPSA) is 89.9 Å². The predicted octanol–water partition coefficient (Wildman–Crippen LogP) is 4.35. The summed E-state index contributed by atoms with van der Waals surface area (Å²) in [6.07, 6.45) is -3.49. The molecule has 1 aliphatic heterocycles. The zero-order valence-corrected chi connectivity index (χ0v) is 17.3. The molecule has 0 radical (unpaired) electrons. The molecule has 0 aromatic heterocycles. The zero-order valence-electron chi connectivity index (χ0n) is 15.6. The van der Waals surface area contributed by atoms with Crippen LogP contribution < -0.4 is 5.32 Å². The van der Waals surface area contributed by atoms with Gasteiger partial charge in [-0.2, -0.15) is 13.2 Å². The van der Waals surface area contributed by atoms with E-state index in [1.54, 1.807) is 0 Å². The van der Waals surface area contributed by atoms with Crippen molar-refractivity contribution in [1.29, 1.82) is 0 Å². The molecule has 1 saturated heterocycles. The highest BCUT2D eigenvalue weighted by molar-refractivity contribution is 8.26. The molecular weight excluding hydrogens is 453 g/mol. The molecule has 0 bridgehead atoms. The number of amides is 2. The molecule has 0 aliphatic carbocycles. The van der Waals surface area contributed by atoms with Crippen molar-refractivity contribution in [3.63, 3.8) is 0 Å². The van der Waals surface area contributed by atoms with E-state index in [-0.39, 0.29) is 39.4 Å². The fourth-order valence-electron chi connectivity index (χ4n) is 2.75. The second kappa shape index (κ2) is 8.98. The van der Waals surface area contributed by atoms with Gasteiger partial charge in [0.25, 0.3) is 5.91 Å². The van der Waals surface area contributed by atoms with Crippen molar-refractivity contribution in [2.24, 2.45) is 0 Å². The molecule has 1 fully saturated rings. The summed E-state index contributed by atoms with van der Waals surface area (Å²) in [5.74, 6) is -1.56. The van der Waals surface area contributed by atoms with Crippen LogP contribution in [0.1, 0.15) is 17.5 Å². The first-order valence-corrected chi connectivity index (χ1v) is 10.0. The van der Waals surface area contributed by atoms with E-state index in [0.717, 1.165) is 30.0 Å². The number of nitrogens with one attached hydrogen (secondary N) is 1. The van der Waals surface area contributed by atoms with Crippen LogP contribution in [0.4, 0.5) is 18.9 Å². The summed E-state index contributed by atoms with van der Waals surface area (Å²) in [7, 11) is 0. The minimum Gasteiger partial charge on any atom is -0.508 e. The van der Waals surface area contributed by atoms with Crippen molar-refractivity contribution in [3.8, 4) is 11.5 Å². The van der Waals surface area contributed by atoms with Gasteiger partial charge in [-0.05, 0) is 30.3 Å². The van der Waals surface area contributed by atoms with Crippen LogP contribution in [0, 0.1) is 0 Å². The number of para-hydroxylation sites is 1. The number of alkyl halides is 3. The molecule has 162 valence electrons. The molecule has 2 amide bonds. The molecule has 3 rings (SSSR count). The summed E-state index contributed by atoms with van der Waals surface area (Å²) in [5, 5.41) is 21.4. The highest BCUT2D eigenvalue weighted by Gasteiger charge is 2.34. The van der Waals surface area contributed by atoms with Crippen molar-refractivity contribution >= 4 is 51.9 Å². The van der Waals surface area contributed by atoms with Crippen LogP contribution in [0.15, 0.2) is 47.4 Å². The first-order chi connectivity index (χ1) is 14.6. The van der Waals surface area contributed by atoms with E-state index in [0.29, 0.717) is 5.56 Å². The van der Waals surface area contributed by atoms with Gasteiger partial charge < -0.3 is 15.5 Å². The number of thioether (sulfide) groups is 1. The number of phenolic OH excluding ortho intramolecular Hbond substituents is 2. The first-order valence-electron chi connectivity index (χ1n) is 8.79. The van der Waals surface area contributed by atoms with Crippen molar-refractivity contribution in [1.82, 2.24) is 4.90 Å². The third kappa shape index (κ3) is 5.36. The van der Waals surface area contributed by atoms with Gasteiger partial charge in [0.05, 0.1) is 16.2 Å². The molecule has 0 spiro atoms. The number of carbonyl (C=O) groups excluding carboxylic acids is 2. The van der Waals surface area contributed by atoms with Crippen molar-refractivity contribution in [2.45, 2.75) is 12.6 Å². The molecule has 0 atom stereocenters. The van der Waals surface area contributed by atoms with Crippen molar-refractivity contribution in [2.75, 3.05) is 11.9 Å². The number of anilines is 1. The number of aromatic hydroxyl groups is 2. The standard InChI is InChI=1S/C20H15F3N2O4S2/c21-20(22,23)13-3-1-2-4-14(13)24-17(28)7-8-25-18(29)16(31-19(25)30)9-11-5-6-12(26)10-15(11)27/h1-6,9-10,26-27H,7-8H2,(H,24,28)/b16-9-. The quantitative estimate of drug-likeness (QED) is 0.447. The second-order valence-electron chi connectivity index (χ2n) is 6.42. The Kier molecular flexibility index (Phi) is 6.56.